The molecule has 1 aliphatic carbocycles. The number of nitrogens with two attached hydrogens (primary N) is 1. The second kappa shape index (κ2) is 18.5. The second-order valence-electron chi connectivity index (χ2n) is 17.4. The van der Waals surface area contributed by atoms with Gasteiger partial charge in [-0.1, -0.05) is 92.8 Å². The highest BCUT2D eigenvalue weighted by molar-refractivity contribution is 6.01. The molecule has 5 amide bonds. The highest BCUT2D eigenvalue weighted by Crippen LogP contribution is 2.34. The molecule has 2 saturated heterocycles. The quantitative estimate of drug-likeness (QED) is 0.133. The Balaban J connectivity index is 1.14. The summed E-state index contributed by atoms with van der Waals surface area (Å²) in [5.74, 6) is -2.35. The lowest BCUT2D eigenvalue weighted by atomic mass is 9.81. The van der Waals surface area contributed by atoms with Gasteiger partial charge in [-0.3, -0.25) is 24.2 Å². The van der Waals surface area contributed by atoms with E-state index in [0.717, 1.165) is 48.4 Å². The molecule has 3 heterocycles. The van der Waals surface area contributed by atoms with E-state index in [4.69, 9.17) is 10.5 Å². The van der Waals surface area contributed by atoms with E-state index in [1.807, 2.05) is 60.7 Å². The molecule has 7 rings (SSSR count). The van der Waals surface area contributed by atoms with Crippen molar-refractivity contribution in [1.82, 2.24) is 36.4 Å². The molecule has 4 aliphatic rings. The van der Waals surface area contributed by atoms with Gasteiger partial charge in [0.1, 0.15) is 24.3 Å². The van der Waals surface area contributed by atoms with E-state index in [2.05, 4.69) is 21.6 Å². The Morgan fingerprint density at radius 3 is 2.33 bits per heavy atom. The molecule has 326 valence electrons. The molecule has 0 aromatic heterocycles. The van der Waals surface area contributed by atoms with E-state index in [0.29, 0.717) is 17.7 Å². The first-order valence-corrected chi connectivity index (χ1v) is 21.3. The van der Waals surface area contributed by atoms with E-state index in [1.165, 1.54) is 9.80 Å². The number of benzene rings is 3. The molecule has 3 fully saturated rings. The second-order valence-corrected chi connectivity index (χ2v) is 17.4. The molecule has 0 radical (unpaired) electrons. The largest absolute Gasteiger partial charge is 0.445 e. The lowest BCUT2D eigenvalue weighted by molar-refractivity contribution is -0.144. The molecule has 0 spiro atoms. The van der Waals surface area contributed by atoms with Gasteiger partial charge in [0.25, 0.3) is 5.91 Å². The first-order chi connectivity index (χ1) is 29.2. The summed E-state index contributed by atoms with van der Waals surface area (Å²) < 4.78 is 5.52. The van der Waals surface area contributed by atoms with Crippen LogP contribution in [0.25, 0.3) is 10.8 Å². The summed E-state index contributed by atoms with van der Waals surface area (Å²) in [5, 5.41) is 31.9. The van der Waals surface area contributed by atoms with Crippen LogP contribution in [-0.2, 0) is 25.7 Å². The number of aliphatic hydroxyl groups excluding tert-OH is 1. The standard InChI is InChI=1S/C45H58N8O8/c1-44(2,60)37-26-47-50-53(37)34-25-36(41(57)49-45(38(54)39(46)55)19-21-51(22-20-45)43(59)61-28-30-13-7-4-8-14-30)52(27-34)42(58)35(23-29-11-5-3-6-12-29)48-40(56)33-18-17-31-15-9-10-16-32(31)24-33/h4,7-10,13-18,24,26,29,34-36,38,47,50,54,60H,3,5-6,11-12,19-23,25,27-28H2,1-2H3,(H2,46,55)(H,48,56)(H,49,57)/t34-,35+,36-,38?/m0/s1. The summed E-state index contributed by atoms with van der Waals surface area (Å²) in [6, 6.07) is 19.7. The topological polar surface area (TPSA) is 219 Å². The molecule has 4 atom stereocenters. The minimum absolute atomic E-state index is 0.0251. The van der Waals surface area contributed by atoms with Crippen LogP contribution in [0.4, 0.5) is 4.79 Å². The zero-order chi connectivity index (χ0) is 43.3. The Bertz CT molecular complexity index is 2110. The minimum atomic E-state index is -1.81. The Morgan fingerprint density at radius 2 is 1.64 bits per heavy atom. The average Bonchev–Trinajstić information content (AvgIpc) is 3.95. The molecule has 0 bridgehead atoms. The number of hydrazine groups is 2. The fraction of sp³-hybridized carbons (Fsp3) is 0.489. The van der Waals surface area contributed by atoms with Gasteiger partial charge >= 0.3 is 6.09 Å². The zero-order valence-corrected chi connectivity index (χ0v) is 34.8. The zero-order valence-electron chi connectivity index (χ0n) is 34.8. The van der Waals surface area contributed by atoms with Gasteiger partial charge in [-0.15, -0.1) is 5.53 Å². The molecule has 3 aliphatic heterocycles. The summed E-state index contributed by atoms with van der Waals surface area (Å²) in [7, 11) is 0. The summed E-state index contributed by atoms with van der Waals surface area (Å²) in [5.41, 5.74) is 10.5. The van der Waals surface area contributed by atoms with Crippen LogP contribution in [0.3, 0.4) is 0 Å². The molecular weight excluding hydrogens is 781 g/mol. The predicted octanol–water partition coefficient (Wildman–Crippen LogP) is 2.95. The monoisotopic (exact) mass is 838 g/mol. The molecule has 8 N–H and O–H groups in total. The third-order valence-corrected chi connectivity index (χ3v) is 12.7. The van der Waals surface area contributed by atoms with E-state index >= 15 is 4.79 Å². The molecule has 3 aromatic carbocycles. The Morgan fingerprint density at radius 1 is 0.951 bits per heavy atom. The highest BCUT2D eigenvalue weighted by Gasteiger charge is 2.51. The van der Waals surface area contributed by atoms with Gasteiger partial charge in [0.2, 0.25) is 17.7 Å². The number of carbonyl (C=O) groups excluding carboxylic acids is 5. The Labute approximate surface area is 355 Å². The number of ether oxygens (including phenoxy) is 1. The van der Waals surface area contributed by atoms with Crippen molar-refractivity contribution >= 4 is 40.5 Å². The van der Waals surface area contributed by atoms with Crippen molar-refractivity contribution in [2.75, 3.05) is 19.6 Å². The van der Waals surface area contributed by atoms with Gasteiger partial charge in [0.05, 0.1) is 17.3 Å². The van der Waals surface area contributed by atoms with Gasteiger partial charge in [-0.2, -0.15) is 0 Å². The lowest BCUT2D eigenvalue weighted by Crippen LogP contribution is -2.67. The van der Waals surface area contributed by atoms with Crippen molar-refractivity contribution in [3.63, 3.8) is 0 Å². The number of piperidine rings is 1. The average molecular weight is 839 g/mol. The third kappa shape index (κ3) is 9.93. The van der Waals surface area contributed by atoms with Crippen LogP contribution >= 0.6 is 0 Å². The number of rotatable bonds is 13. The number of carbonyl (C=O) groups is 5. The summed E-state index contributed by atoms with van der Waals surface area (Å²) in [6.45, 7) is 3.44. The van der Waals surface area contributed by atoms with E-state index in [9.17, 15) is 29.4 Å². The van der Waals surface area contributed by atoms with Crippen LogP contribution in [0.5, 0.6) is 0 Å². The van der Waals surface area contributed by atoms with Crippen LogP contribution in [-0.4, -0.2) is 110 Å². The van der Waals surface area contributed by atoms with Gasteiger partial charge in [-0.25, -0.2) is 4.79 Å². The minimum Gasteiger partial charge on any atom is -0.445 e. The number of primary amides is 1. The van der Waals surface area contributed by atoms with Crippen LogP contribution < -0.4 is 27.3 Å². The number of nitrogens with zero attached hydrogens (tertiary/aromatic N) is 3. The van der Waals surface area contributed by atoms with Crippen LogP contribution in [0.15, 0.2) is 84.7 Å². The molecular formula is C45H58N8O8. The van der Waals surface area contributed by atoms with Gasteiger partial charge < -0.3 is 46.5 Å². The van der Waals surface area contributed by atoms with Gasteiger partial charge in [-0.05, 0) is 67.5 Å². The first kappa shape index (κ1) is 43.4. The number of fused-ring (bicyclic) bond motifs is 1. The van der Waals surface area contributed by atoms with Crippen LogP contribution in [0, 0.1) is 5.92 Å². The maximum atomic E-state index is 15.1. The van der Waals surface area contributed by atoms with E-state index < -0.39 is 65.1 Å². The number of hydrogen-bond acceptors (Lipinski definition) is 11. The fourth-order valence-corrected chi connectivity index (χ4v) is 9.27. The number of likely N-dealkylation sites (tertiary alicyclic amines) is 2. The number of nitrogens with one attached hydrogen (secondary N) is 4. The van der Waals surface area contributed by atoms with Crippen molar-refractivity contribution in [3.05, 3.63) is 95.8 Å². The molecule has 16 nitrogen and oxygen atoms in total. The SMILES string of the molecule is CC(C)(O)C1=CNNN1[C@H]1C[C@@H](C(=O)NC2(C(O)C(N)=O)CCN(C(=O)OCc3ccccc3)CC2)N(C(=O)[C@@H](CC2CCCCC2)NC(=O)c2ccc3ccccc3c2)C1. The van der Waals surface area contributed by atoms with Crippen molar-refractivity contribution in [2.24, 2.45) is 11.7 Å². The lowest BCUT2D eigenvalue weighted by Gasteiger charge is -2.44. The number of aliphatic hydroxyl groups is 2. The number of hydrogen-bond donors (Lipinski definition) is 7. The smallest absolute Gasteiger partial charge is 0.410 e. The Kier molecular flexibility index (Phi) is 13.2. The van der Waals surface area contributed by atoms with Crippen molar-refractivity contribution < 1.29 is 38.9 Å². The first-order valence-electron chi connectivity index (χ1n) is 21.3. The molecule has 1 saturated carbocycles. The van der Waals surface area contributed by atoms with Crippen molar-refractivity contribution in [1.29, 1.82) is 0 Å². The predicted molar refractivity (Wildman–Crippen MR) is 226 cm³/mol. The molecule has 61 heavy (non-hydrogen) atoms. The van der Waals surface area contributed by atoms with Crippen LogP contribution in [0.1, 0.15) is 87.6 Å². The summed E-state index contributed by atoms with van der Waals surface area (Å²) >= 11 is 0. The van der Waals surface area contributed by atoms with E-state index in [1.54, 1.807) is 37.2 Å². The summed E-state index contributed by atoms with van der Waals surface area (Å²) in [4.78, 5) is 72.5. The number of amides is 5. The maximum absolute atomic E-state index is 15.1. The fourth-order valence-electron chi connectivity index (χ4n) is 9.27. The third-order valence-electron chi connectivity index (χ3n) is 12.7. The molecule has 1 unspecified atom stereocenters. The maximum Gasteiger partial charge on any atom is 0.410 e. The Hall–Kier alpha value is -5.71. The van der Waals surface area contributed by atoms with Crippen LogP contribution in [0.2, 0.25) is 0 Å². The van der Waals surface area contributed by atoms with Crippen molar-refractivity contribution in [3.8, 4) is 0 Å². The molecule has 16 heteroatoms. The highest BCUT2D eigenvalue weighted by atomic mass is 16.6. The van der Waals surface area contributed by atoms with Crippen molar-refractivity contribution in [2.45, 2.75) is 114 Å². The normalized spacial score (nSPS) is 21.6. The van der Waals surface area contributed by atoms with Gasteiger partial charge in [0, 0.05) is 37.8 Å². The van der Waals surface area contributed by atoms with Gasteiger partial charge in [0.15, 0.2) is 6.10 Å². The molecule has 3 aromatic rings. The summed E-state index contributed by atoms with van der Waals surface area (Å²) in [6.07, 6.45) is 4.62. The van der Waals surface area contributed by atoms with E-state index in [-0.39, 0.29) is 51.4 Å².